The predicted molar refractivity (Wildman–Crippen MR) is 148 cm³/mol. The van der Waals surface area contributed by atoms with Crippen LogP contribution in [0, 0.1) is 0 Å². The van der Waals surface area contributed by atoms with E-state index in [0.29, 0.717) is 22.4 Å². The number of hydrogen-bond donors (Lipinski definition) is 0. The highest BCUT2D eigenvalue weighted by atomic mass is 16.2. The van der Waals surface area contributed by atoms with Crippen LogP contribution in [0.15, 0.2) is 138 Å². The Labute approximate surface area is 215 Å². The van der Waals surface area contributed by atoms with Gasteiger partial charge in [0, 0.05) is 22.3 Å². The van der Waals surface area contributed by atoms with Gasteiger partial charge in [-0.15, -0.1) is 0 Å². The molecule has 3 heteroatoms. The fourth-order valence-corrected chi connectivity index (χ4v) is 5.01. The van der Waals surface area contributed by atoms with Gasteiger partial charge in [-0.2, -0.15) is 0 Å². The first-order valence-corrected chi connectivity index (χ1v) is 12.3. The summed E-state index contributed by atoms with van der Waals surface area (Å²) in [5, 5.41) is 0. The molecule has 5 aromatic rings. The molecule has 3 nitrogen and oxygen atoms in total. The highest BCUT2D eigenvalue weighted by Crippen LogP contribution is 2.39. The van der Waals surface area contributed by atoms with Crippen LogP contribution in [0.5, 0.6) is 0 Å². The molecule has 0 spiro atoms. The molecule has 1 aliphatic carbocycles. The summed E-state index contributed by atoms with van der Waals surface area (Å²) in [4.78, 5) is 32.9. The number of aliphatic imine (C=N–C) groups is 1. The molecule has 0 atom stereocenters. The monoisotopic (exact) mass is 477 g/mol. The molecule has 0 unspecified atom stereocenters. The molecule has 1 aliphatic rings. The summed E-state index contributed by atoms with van der Waals surface area (Å²) >= 11 is 0. The number of nitrogens with zero attached hydrogens (tertiary/aromatic N) is 1. The van der Waals surface area contributed by atoms with E-state index in [1.807, 2.05) is 84.9 Å². The van der Waals surface area contributed by atoms with Gasteiger partial charge in [0.25, 0.3) is 0 Å². The molecule has 0 saturated carbocycles. The Morgan fingerprint density at radius 2 is 0.865 bits per heavy atom. The summed E-state index contributed by atoms with van der Waals surface area (Å²) in [6.45, 7) is 0. The number of carbonyl (C=O) groups excluding carboxylic acids is 2. The van der Waals surface area contributed by atoms with Crippen LogP contribution >= 0.6 is 0 Å². The largest absolute Gasteiger partial charge is 0.293 e. The lowest BCUT2D eigenvalue weighted by molar-refractivity contribution is 0.0860. The molecular weight excluding hydrogens is 454 g/mol. The van der Waals surface area contributed by atoms with Crippen LogP contribution in [0.25, 0.3) is 11.1 Å². The summed E-state index contributed by atoms with van der Waals surface area (Å²) < 4.78 is 0. The van der Waals surface area contributed by atoms with Crippen molar-refractivity contribution in [2.75, 3.05) is 0 Å². The summed E-state index contributed by atoms with van der Waals surface area (Å²) in [7, 11) is 0. The lowest BCUT2D eigenvalue weighted by atomic mass is 9.83. The highest BCUT2D eigenvalue weighted by molar-refractivity contribution is 6.25. The maximum Gasteiger partial charge on any atom is 0.178 e. The van der Waals surface area contributed by atoms with E-state index in [1.165, 1.54) is 0 Å². The van der Waals surface area contributed by atoms with Crippen molar-refractivity contribution in [3.8, 4) is 11.1 Å². The van der Waals surface area contributed by atoms with Crippen LogP contribution in [0.3, 0.4) is 0 Å². The first kappa shape index (κ1) is 22.6. The zero-order chi connectivity index (χ0) is 25.2. The number of carbonyl (C=O) groups is 2. The Morgan fingerprint density at radius 3 is 1.38 bits per heavy atom. The number of benzene rings is 5. The zero-order valence-corrected chi connectivity index (χ0v) is 20.0. The first-order valence-electron chi connectivity index (χ1n) is 12.3. The number of para-hydroxylation sites is 1. The van der Waals surface area contributed by atoms with Crippen molar-refractivity contribution in [2.24, 2.45) is 4.99 Å². The van der Waals surface area contributed by atoms with Crippen LogP contribution < -0.4 is 0 Å². The van der Waals surface area contributed by atoms with Crippen LogP contribution in [0.1, 0.15) is 43.3 Å². The SMILES string of the molecule is O=C(c1ccccc1)C(C(=O)c1ccccc1)c1ccccc1N=C1c2ccccc2-c2ccccc21. The second-order valence-corrected chi connectivity index (χ2v) is 9.00. The van der Waals surface area contributed by atoms with E-state index in [4.69, 9.17) is 4.99 Å². The van der Waals surface area contributed by atoms with Crippen LogP contribution in [0.4, 0.5) is 5.69 Å². The fourth-order valence-electron chi connectivity index (χ4n) is 5.01. The molecule has 5 aromatic carbocycles. The molecule has 37 heavy (non-hydrogen) atoms. The predicted octanol–water partition coefficient (Wildman–Crippen LogP) is 7.69. The van der Waals surface area contributed by atoms with Gasteiger partial charge in [0.05, 0.1) is 11.4 Å². The molecule has 0 fully saturated rings. The maximum atomic E-state index is 13.9. The Balaban J connectivity index is 1.54. The average molecular weight is 478 g/mol. The van der Waals surface area contributed by atoms with Crippen molar-refractivity contribution in [1.29, 1.82) is 0 Å². The van der Waals surface area contributed by atoms with Gasteiger partial charge >= 0.3 is 0 Å². The minimum atomic E-state index is -1.02. The minimum Gasteiger partial charge on any atom is -0.293 e. The smallest absolute Gasteiger partial charge is 0.178 e. The van der Waals surface area contributed by atoms with Gasteiger partial charge in [-0.25, -0.2) is 4.99 Å². The first-order chi connectivity index (χ1) is 18.2. The minimum absolute atomic E-state index is 0.241. The summed E-state index contributed by atoms with van der Waals surface area (Å²) in [5.74, 6) is -1.50. The Bertz CT molecular complexity index is 1550. The normalized spacial score (nSPS) is 11.6. The third-order valence-corrected chi connectivity index (χ3v) is 6.78. The standard InChI is InChI=1S/C34H23NO2/c36-33(23-13-3-1-4-14-23)31(34(37)24-15-5-2-6-16-24)29-21-11-12-22-30(29)35-32-27-19-9-7-17-25(27)26-18-8-10-20-28(26)32/h1-22,31H. The molecule has 176 valence electrons. The third kappa shape index (κ3) is 4.11. The van der Waals surface area contributed by atoms with Crippen LogP contribution in [-0.4, -0.2) is 17.3 Å². The van der Waals surface area contributed by atoms with Gasteiger partial charge in [-0.05, 0) is 22.8 Å². The molecular formula is C34H23NO2. The molecule has 0 aliphatic heterocycles. The van der Waals surface area contributed by atoms with Gasteiger partial charge in [-0.3, -0.25) is 9.59 Å². The van der Waals surface area contributed by atoms with Crippen molar-refractivity contribution in [3.63, 3.8) is 0 Å². The maximum absolute atomic E-state index is 13.9. The summed E-state index contributed by atoms with van der Waals surface area (Å²) in [6, 6.07) is 41.9. The quantitative estimate of drug-likeness (QED) is 0.182. The Hall–Kier alpha value is -4.89. The zero-order valence-electron chi connectivity index (χ0n) is 20.0. The number of Topliss-reactive ketones (excluding diaryl/α,β-unsaturated/α-hetero) is 2. The van der Waals surface area contributed by atoms with Gasteiger partial charge in [-0.1, -0.05) is 127 Å². The van der Waals surface area contributed by atoms with Gasteiger partial charge in [0.2, 0.25) is 0 Å². The van der Waals surface area contributed by atoms with Crippen molar-refractivity contribution in [1.82, 2.24) is 0 Å². The lowest BCUT2D eigenvalue weighted by Gasteiger charge is -2.18. The Morgan fingerprint density at radius 1 is 0.459 bits per heavy atom. The number of hydrogen-bond acceptors (Lipinski definition) is 3. The third-order valence-electron chi connectivity index (χ3n) is 6.78. The topological polar surface area (TPSA) is 46.5 Å². The molecule has 0 amide bonds. The van der Waals surface area contributed by atoms with E-state index in [2.05, 4.69) is 24.3 Å². The van der Waals surface area contributed by atoms with Crippen molar-refractivity contribution >= 4 is 23.0 Å². The van der Waals surface area contributed by atoms with Gasteiger partial charge < -0.3 is 0 Å². The number of fused-ring (bicyclic) bond motifs is 3. The van der Waals surface area contributed by atoms with E-state index in [1.54, 1.807) is 24.3 Å². The fraction of sp³-hybridized carbons (Fsp3) is 0.0294. The van der Waals surface area contributed by atoms with Crippen LogP contribution in [-0.2, 0) is 0 Å². The van der Waals surface area contributed by atoms with E-state index in [-0.39, 0.29) is 11.6 Å². The molecule has 0 N–H and O–H groups in total. The van der Waals surface area contributed by atoms with Crippen molar-refractivity contribution in [3.05, 3.63) is 161 Å². The second kappa shape index (κ2) is 9.63. The highest BCUT2D eigenvalue weighted by Gasteiger charge is 2.32. The summed E-state index contributed by atoms with van der Waals surface area (Å²) in [5.41, 5.74) is 7.39. The van der Waals surface area contributed by atoms with Crippen LogP contribution in [0.2, 0.25) is 0 Å². The molecule has 0 bridgehead atoms. The van der Waals surface area contributed by atoms with Crippen molar-refractivity contribution in [2.45, 2.75) is 5.92 Å². The molecule has 0 radical (unpaired) electrons. The lowest BCUT2D eigenvalue weighted by Crippen LogP contribution is -2.23. The van der Waals surface area contributed by atoms with E-state index >= 15 is 0 Å². The van der Waals surface area contributed by atoms with Gasteiger partial charge in [0.15, 0.2) is 11.6 Å². The molecule has 0 saturated heterocycles. The van der Waals surface area contributed by atoms with E-state index in [0.717, 1.165) is 28.0 Å². The molecule has 6 rings (SSSR count). The Kier molecular flexibility index (Phi) is 5.88. The summed E-state index contributed by atoms with van der Waals surface area (Å²) in [6.07, 6.45) is 0. The van der Waals surface area contributed by atoms with Gasteiger partial charge in [0.1, 0.15) is 5.92 Å². The number of rotatable bonds is 6. The second-order valence-electron chi connectivity index (χ2n) is 9.00. The van der Waals surface area contributed by atoms with Crippen molar-refractivity contribution < 1.29 is 9.59 Å². The number of ketones is 2. The molecule has 0 heterocycles. The van der Waals surface area contributed by atoms with E-state index < -0.39 is 5.92 Å². The van der Waals surface area contributed by atoms with E-state index in [9.17, 15) is 9.59 Å². The molecule has 0 aromatic heterocycles. The average Bonchev–Trinajstić information content (AvgIpc) is 3.28.